The van der Waals surface area contributed by atoms with Crippen LogP contribution in [0, 0.1) is 0 Å². The SMILES string of the molecule is CCCCc1nc(CSc2nnc(-c3ccc4c(c3)OCO4)o2)no1. The summed E-state index contributed by atoms with van der Waals surface area (Å²) in [6, 6.07) is 5.50. The van der Waals surface area contributed by atoms with Crippen molar-refractivity contribution in [3.8, 4) is 23.0 Å². The molecule has 0 radical (unpaired) electrons. The van der Waals surface area contributed by atoms with Gasteiger partial charge in [-0.25, -0.2) is 0 Å². The number of unbranched alkanes of at least 4 members (excludes halogenated alkanes) is 1. The molecule has 1 aromatic carbocycles. The quantitative estimate of drug-likeness (QED) is 0.586. The van der Waals surface area contributed by atoms with E-state index in [-0.39, 0.29) is 6.79 Å². The maximum Gasteiger partial charge on any atom is 0.277 e. The minimum atomic E-state index is 0.231. The molecule has 1 aliphatic heterocycles. The van der Waals surface area contributed by atoms with Crippen LogP contribution in [-0.2, 0) is 12.2 Å². The second-order valence-electron chi connectivity index (χ2n) is 5.44. The molecule has 1 aliphatic rings. The highest BCUT2D eigenvalue weighted by Gasteiger charge is 2.17. The summed E-state index contributed by atoms with van der Waals surface area (Å²) in [6.07, 6.45) is 2.94. The van der Waals surface area contributed by atoms with Crippen LogP contribution in [0.5, 0.6) is 11.5 Å². The van der Waals surface area contributed by atoms with Gasteiger partial charge in [0, 0.05) is 12.0 Å². The Morgan fingerprint density at radius 2 is 2.08 bits per heavy atom. The smallest absolute Gasteiger partial charge is 0.277 e. The lowest BCUT2D eigenvalue weighted by Crippen LogP contribution is -1.92. The second-order valence-corrected chi connectivity index (χ2v) is 6.36. The molecule has 0 bridgehead atoms. The monoisotopic (exact) mass is 360 g/mol. The number of benzene rings is 1. The first kappa shape index (κ1) is 15.9. The van der Waals surface area contributed by atoms with Crippen molar-refractivity contribution in [1.82, 2.24) is 20.3 Å². The molecule has 0 amide bonds. The number of thioether (sulfide) groups is 1. The maximum atomic E-state index is 5.68. The number of ether oxygens (including phenoxy) is 2. The Kier molecular flexibility index (Phi) is 4.55. The molecule has 3 aromatic rings. The number of rotatable bonds is 7. The largest absolute Gasteiger partial charge is 0.454 e. The van der Waals surface area contributed by atoms with Gasteiger partial charge in [-0.05, 0) is 24.6 Å². The highest BCUT2D eigenvalue weighted by atomic mass is 32.2. The molecular weight excluding hydrogens is 344 g/mol. The standard InChI is InChI=1S/C16H16N4O4S/c1-2-3-4-14-17-13(20-24-14)8-25-16-19-18-15(23-16)10-5-6-11-12(7-10)22-9-21-11/h5-7H,2-4,8-9H2,1H3. The van der Waals surface area contributed by atoms with Crippen molar-refractivity contribution in [3.63, 3.8) is 0 Å². The molecule has 0 atom stereocenters. The third-order valence-corrected chi connectivity index (χ3v) is 4.42. The van der Waals surface area contributed by atoms with Crippen molar-refractivity contribution in [3.05, 3.63) is 29.9 Å². The number of hydrogen-bond donors (Lipinski definition) is 0. The highest BCUT2D eigenvalue weighted by Crippen LogP contribution is 2.36. The van der Waals surface area contributed by atoms with Crippen molar-refractivity contribution in [2.75, 3.05) is 6.79 Å². The average molecular weight is 360 g/mol. The summed E-state index contributed by atoms with van der Waals surface area (Å²) in [5, 5.41) is 12.5. The van der Waals surface area contributed by atoms with Gasteiger partial charge in [0.25, 0.3) is 5.22 Å². The molecule has 0 N–H and O–H groups in total. The van der Waals surface area contributed by atoms with E-state index in [1.807, 2.05) is 18.2 Å². The van der Waals surface area contributed by atoms with E-state index in [1.165, 1.54) is 11.8 Å². The van der Waals surface area contributed by atoms with Gasteiger partial charge in [0.05, 0.1) is 5.75 Å². The van der Waals surface area contributed by atoms with Gasteiger partial charge in [0.2, 0.25) is 18.6 Å². The molecule has 0 saturated carbocycles. The average Bonchev–Trinajstić information content (AvgIpc) is 3.37. The zero-order valence-corrected chi connectivity index (χ0v) is 14.4. The summed E-state index contributed by atoms with van der Waals surface area (Å²) in [7, 11) is 0. The molecule has 0 unspecified atom stereocenters. The van der Waals surface area contributed by atoms with Crippen molar-refractivity contribution in [2.24, 2.45) is 0 Å². The molecule has 0 saturated heterocycles. The van der Waals surface area contributed by atoms with Gasteiger partial charge in [0.15, 0.2) is 17.3 Å². The fourth-order valence-corrected chi connectivity index (χ4v) is 2.93. The molecule has 130 valence electrons. The van der Waals surface area contributed by atoms with Gasteiger partial charge < -0.3 is 18.4 Å². The molecule has 0 aliphatic carbocycles. The van der Waals surface area contributed by atoms with E-state index in [2.05, 4.69) is 27.3 Å². The molecule has 2 aromatic heterocycles. The van der Waals surface area contributed by atoms with E-state index < -0.39 is 0 Å². The molecule has 0 fully saturated rings. The van der Waals surface area contributed by atoms with Crippen LogP contribution >= 0.6 is 11.8 Å². The predicted molar refractivity (Wildman–Crippen MR) is 88.3 cm³/mol. The fraction of sp³-hybridized carbons (Fsp3) is 0.375. The van der Waals surface area contributed by atoms with E-state index >= 15 is 0 Å². The Morgan fingerprint density at radius 3 is 3.00 bits per heavy atom. The van der Waals surface area contributed by atoms with E-state index in [0.717, 1.165) is 24.8 Å². The molecule has 8 nitrogen and oxygen atoms in total. The van der Waals surface area contributed by atoms with Gasteiger partial charge >= 0.3 is 0 Å². The van der Waals surface area contributed by atoms with E-state index in [4.69, 9.17) is 18.4 Å². The van der Waals surface area contributed by atoms with Crippen LogP contribution in [0.2, 0.25) is 0 Å². The first-order valence-electron chi connectivity index (χ1n) is 7.99. The van der Waals surface area contributed by atoms with Crippen molar-refractivity contribution in [1.29, 1.82) is 0 Å². The molecule has 3 heterocycles. The molecular formula is C16H16N4O4S. The summed E-state index contributed by atoms with van der Waals surface area (Å²) in [4.78, 5) is 4.35. The summed E-state index contributed by atoms with van der Waals surface area (Å²) >= 11 is 1.37. The Bertz CT molecular complexity index is 863. The zero-order chi connectivity index (χ0) is 17.1. The lowest BCUT2D eigenvalue weighted by molar-refractivity contribution is 0.174. The van der Waals surface area contributed by atoms with Crippen LogP contribution in [0.15, 0.2) is 32.4 Å². The Labute approximate surface area is 147 Å². The number of hydrogen-bond acceptors (Lipinski definition) is 9. The summed E-state index contributed by atoms with van der Waals surface area (Å²) in [6.45, 7) is 2.36. The molecule has 4 rings (SSSR count). The van der Waals surface area contributed by atoms with E-state index in [9.17, 15) is 0 Å². The normalized spacial score (nSPS) is 12.7. The maximum absolute atomic E-state index is 5.68. The summed E-state index contributed by atoms with van der Waals surface area (Å²) in [5.41, 5.74) is 0.782. The lowest BCUT2D eigenvalue weighted by Gasteiger charge is -1.97. The third kappa shape index (κ3) is 3.60. The van der Waals surface area contributed by atoms with Gasteiger partial charge in [-0.2, -0.15) is 4.98 Å². The van der Waals surface area contributed by atoms with Crippen LogP contribution < -0.4 is 9.47 Å². The lowest BCUT2D eigenvalue weighted by atomic mass is 10.2. The highest BCUT2D eigenvalue weighted by molar-refractivity contribution is 7.98. The Hall–Kier alpha value is -2.55. The Morgan fingerprint density at radius 1 is 1.16 bits per heavy atom. The third-order valence-electron chi connectivity index (χ3n) is 3.61. The fourth-order valence-electron chi connectivity index (χ4n) is 2.32. The second kappa shape index (κ2) is 7.14. The van der Waals surface area contributed by atoms with Crippen molar-refractivity contribution in [2.45, 2.75) is 37.2 Å². The zero-order valence-electron chi connectivity index (χ0n) is 13.6. The van der Waals surface area contributed by atoms with Gasteiger partial charge in [-0.15, -0.1) is 10.2 Å². The number of aryl methyl sites for hydroxylation is 1. The van der Waals surface area contributed by atoms with Crippen LogP contribution in [-0.4, -0.2) is 27.1 Å². The van der Waals surface area contributed by atoms with Crippen LogP contribution in [0.25, 0.3) is 11.5 Å². The minimum Gasteiger partial charge on any atom is -0.454 e. The molecule has 0 spiro atoms. The van der Waals surface area contributed by atoms with Crippen molar-refractivity contribution < 1.29 is 18.4 Å². The van der Waals surface area contributed by atoms with Crippen LogP contribution in [0.3, 0.4) is 0 Å². The topological polar surface area (TPSA) is 96.3 Å². The number of fused-ring (bicyclic) bond motifs is 1. The molecule has 25 heavy (non-hydrogen) atoms. The summed E-state index contributed by atoms with van der Waals surface area (Å²) in [5.74, 6) is 3.63. The van der Waals surface area contributed by atoms with Crippen molar-refractivity contribution >= 4 is 11.8 Å². The number of nitrogens with zero attached hydrogens (tertiary/aromatic N) is 4. The Balaban J connectivity index is 1.39. The first-order chi connectivity index (χ1) is 12.3. The van der Waals surface area contributed by atoms with E-state index in [0.29, 0.717) is 40.1 Å². The van der Waals surface area contributed by atoms with Gasteiger partial charge in [-0.1, -0.05) is 30.3 Å². The van der Waals surface area contributed by atoms with Gasteiger partial charge in [-0.3, -0.25) is 0 Å². The van der Waals surface area contributed by atoms with Crippen LogP contribution in [0.4, 0.5) is 0 Å². The van der Waals surface area contributed by atoms with E-state index in [1.54, 1.807) is 0 Å². The number of aromatic nitrogens is 4. The molecule has 9 heteroatoms. The van der Waals surface area contributed by atoms with Gasteiger partial charge in [0.1, 0.15) is 0 Å². The first-order valence-corrected chi connectivity index (χ1v) is 8.98. The summed E-state index contributed by atoms with van der Waals surface area (Å²) < 4.78 is 21.5. The van der Waals surface area contributed by atoms with Crippen LogP contribution in [0.1, 0.15) is 31.5 Å². The predicted octanol–water partition coefficient (Wildman–Crippen LogP) is 3.48. The minimum absolute atomic E-state index is 0.231.